The minimum atomic E-state index is -0.416. The molecule has 0 aromatic carbocycles. The second kappa shape index (κ2) is 6.90. The Morgan fingerprint density at radius 2 is 2.10 bits per heavy atom. The third-order valence-corrected chi connectivity index (χ3v) is 5.51. The second-order valence-corrected chi connectivity index (χ2v) is 7.22. The van der Waals surface area contributed by atoms with Gasteiger partial charge in [-0.2, -0.15) is 0 Å². The Kier molecular flexibility index (Phi) is 4.93. The van der Waals surface area contributed by atoms with Crippen molar-refractivity contribution in [2.24, 2.45) is 0 Å². The van der Waals surface area contributed by atoms with E-state index < -0.39 is 6.10 Å². The monoisotopic (exact) mass is 308 g/mol. The van der Waals surface area contributed by atoms with Crippen LogP contribution < -0.4 is 0 Å². The molecule has 1 aromatic rings. The Labute approximate surface area is 130 Å². The first-order valence-electron chi connectivity index (χ1n) is 7.94. The molecule has 1 aromatic heterocycles. The number of nitrogens with zero attached hydrogens (tertiary/aromatic N) is 2. The van der Waals surface area contributed by atoms with E-state index in [1.807, 2.05) is 22.4 Å². The lowest BCUT2D eigenvalue weighted by Crippen LogP contribution is -2.39. The van der Waals surface area contributed by atoms with E-state index in [0.29, 0.717) is 25.6 Å². The van der Waals surface area contributed by atoms with Gasteiger partial charge in [-0.05, 0) is 24.3 Å². The first-order chi connectivity index (χ1) is 10.2. The third kappa shape index (κ3) is 3.84. The van der Waals surface area contributed by atoms with Crippen molar-refractivity contribution in [2.75, 3.05) is 26.2 Å². The molecule has 0 spiro atoms. The molecule has 3 rings (SSSR count). The molecular weight excluding hydrogens is 284 g/mol. The summed E-state index contributed by atoms with van der Waals surface area (Å²) in [6.45, 7) is 2.84. The predicted molar refractivity (Wildman–Crippen MR) is 84.4 cm³/mol. The van der Waals surface area contributed by atoms with Crippen LogP contribution in [0.4, 0.5) is 0 Å². The van der Waals surface area contributed by atoms with Crippen molar-refractivity contribution in [2.45, 2.75) is 44.2 Å². The zero-order valence-electron chi connectivity index (χ0n) is 12.4. The highest BCUT2D eigenvalue weighted by atomic mass is 32.1. The zero-order valence-corrected chi connectivity index (χ0v) is 13.2. The van der Waals surface area contributed by atoms with E-state index in [2.05, 4.69) is 4.90 Å². The Hall–Kier alpha value is -0.910. The maximum atomic E-state index is 12.4. The summed E-state index contributed by atoms with van der Waals surface area (Å²) in [6, 6.07) is 4.60. The first kappa shape index (κ1) is 15.0. The number of hydrogen-bond donors (Lipinski definition) is 1. The topological polar surface area (TPSA) is 43.8 Å². The van der Waals surface area contributed by atoms with Crippen molar-refractivity contribution >= 4 is 17.2 Å². The van der Waals surface area contributed by atoms with Crippen molar-refractivity contribution < 1.29 is 9.90 Å². The highest BCUT2D eigenvalue weighted by Crippen LogP contribution is 2.24. The van der Waals surface area contributed by atoms with Gasteiger partial charge < -0.3 is 10.0 Å². The predicted octanol–water partition coefficient (Wildman–Crippen LogP) is 1.74. The number of carbonyl (C=O) groups is 1. The molecule has 1 saturated carbocycles. The van der Waals surface area contributed by atoms with Gasteiger partial charge in [0.05, 0.1) is 12.5 Å². The average Bonchev–Trinajstić information content (AvgIpc) is 3.12. The van der Waals surface area contributed by atoms with Gasteiger partial charge in [0.2, 0.25) is 5.91 Å². The molecule has 2 aliphatic rings. The van der Waals surface area contributed by atoms with Crippen molar-refractivity contribution in [3.05, 3.63) is 22.4 Å². The molecule has 2 fully saturated rings. The number of amides is 1. The summed E-state index contributed by atoms with van der Waals surface area (Å²) in [6.07, 6.45) is 5.15. The van der Waals surface area contributed by atoms with Gasteiger partial charge in [-0.3, -0.25) is 9.69 Å². The molecule has 116 valence electrons. The fraction of sp³-hybridized carbons (Fsp3) is 0.688. The van der Waals surface area contributed by atoms with Gasteiger partial charge in [0.1, 0.15) is 0 Å². The number of hydrogen-bond acceptors (Lipinski definition) is 4. The Bertz CT molecular complexity index is 457. The van der Waals surface area contributed by atoms with E-state index >= 15 is 0 Å². The number of rotatable bonds is 3. The van der Waals surface area contributed by atoms with Crippen LogP contribution in [-0.4, -0.2) is 59.1 Å². The molecule has 1 atom stereocenters. The lowest BCUT2D eigenvalue weighted by Gasteiger charge is -2.27. The minimum Gasteiger partial charge on any atom is -0.390 e. The summed E-state index contributed by atoms with van der Waals surface area (Å²) >= 11 is 1.62. The number of thiophene rings is 1. The van der Waals surface area contributed by atoms with Crippen LogP contribution in [0.2, 0.25) is 0 Å². The average molecular weight is 308 g/mol. The lowest BCUT2D eigenvalue weighted by molar-refractivity contribution is -0.131. The molecular formula is C16H24N2O2S. The molecule has 0 bridgehead atoms. The van der Waals surface area contributed by atoms with E-state index in [0.717, 1.165) is 18.0 Å². The van der Waals surface area contributed by atoms with Gasteiger partial charge >= 0.3 is 0 Å². The molecule has 1 amide bonds. The lowest BCUT2D eigenvalue weighted by atomic mass is 10.2. The highest BCUT2D eigenvalue weighted by Gasteiger charge is 2.29. The van der Waals surface area contributed by atoms with Gasteiger partial charge in [-0.15, -0.1) is 11.3 Å². The highest BCUT2D eigenvalue weighted by molar-refractivity contribution is 7.10. The molecule has 1 aliphatic carbocycles. The molecule has 2 heterocycles. The van der Waals surface area contributed by atoms with Gasteiger partial charge in [0, 0.05) is 37.1 Å². The quantitative estimate of drug-likeness (QED) is 0.925. The maximum Gasteiger partial charge on any atom is 0.227 e. The third-order valence-electron chi connectivity index (χ3n) is 4.63. The molecule has 21 heavy (non-hydrogen) atoms. The van der Waals surface area contributed by atoms with E-state index in [1.165, 1.54) is 25.7 Å². The van der Waals surface area contributed by atoms with E-state index in [4.69, 9.17) is 0 Å². The van der Waals surface area contributed by atoms with Crippen molar-refractivity contribution in [1.82, 2.24) is 9.80 Å². The van der Waals surface area contributed by atoms with Crippen LogP contribution in [0, 0.1) is 0 Å². The van der Waals surface area contributed by atoms with Gasteiger partial charge in [0.15, 0.2) is 0 Å². The molecule has 5 heteroatoms. The Morgan fingerprint density at radius 1 is 1.29 bits per heavy atom. The summed E-state index contributed by atoms with van der Waals surface area (Å²) in [5.41, 5.74) is 0. The number of carbonyl (C=O) groups excluding carboxylic acids is 1. The number of β-amino-alcohol motifs (C(OH)–C–C–N with tert-alkyl or cyclic N) is 1. The summed E-state index contributed by atoms with van der Waals surface area (Å²) in [4.78, 5) is 17.7. The van der Waals surface area contributed by atoms with Crippen LogP contribution in [0.1, 0.15) is 30.6 Å². The molecule has 1 aliphatic heterocycles. The summed E-state index contributed by atoms with van der Waals surface area (Å²) in [7, 11) is 0. The van der Waals surface area contributed by atoms with Gasteiger partial charge in [-0.25, -0.2) is 0 Å². The zero-order chi connectivity index (χ0) is 14.7. The molecule has 1 saturated heterocycles. The van der Waals surface area contributed by atoms with Crippen molar-refractivity contribution in [1.29, 1.82) is 0 Å². The summed E-state index contributed by atoms with van der Waals surface area (Å²) in [5, 5.41) is 12.2. The standard InChI is InChI=1S/C16H24N2O2S/c19-14-11-17(13-4-1-2-5-13)7-8-18(12-14)16(20)10-15-6-3-9-21-15/h3,6,9,13-14,19H,1-2,4-5,7-8,10-12H2. The second-order valence-electron chi connectivity index (χ2n) is 6.18. The van der Waals surface area contributed by atoms with Crippen LogP contribution in [0.25, 0.3) is 0 Å². The van der Waals surface area contributed by atoms with Crippen LogP contribution >= 0.6 is 11.3 Å². The van der Waals surface area contributed by atoms with Crippen molar-refractivity contribution in [3.8, 4) is 0 Å². The normalized spacial score (nSPS) is 25.2. The van der Waals surface area contributed by atoms with Crippen LogP contribution in [0.15, 0.2) is 17.5 Å². The van der Waals surface area contributed by atoms with Crippen LogP contribution in [0.3, 0.4) is 0 Å². The number of aliphatic hydroxyl groups is 1. The van der Waals surface area contributed by atoms with Crippen molar-refractivity contribution in [3.63, 3.8) is 0 Å². The number of aliphatic hydroxyl groups excluding tert-OH is 1. The van der Waals surface area contributed by atoms with Crippen LogP contribution in [0.5, 0.6) is 0 Å². The fourth-order valence-electron chi connectivity index (χ4n) is 3.52. The Balaban J connectivity index is 1.58. The first-order valence-corrected chi connectivity index (χ1v) is 8.82. The van der Waals surface area contributed by atoms with Gasteiger partial charge in [-0.1, -0.05) is 18.9 Å². The van der Waals surface area contributed by atoms with E-state index in [9.17, 15) is 9.90 Å². The fourth-order valence-corrected chi connectivity index (χ4v) is 4.21. The summed E-state index contributed by atoms with van der Waals surface area (Å²) < 4.78 is 0. The largest absolute Gasteiger partial charge is 0.390 e. The molecule has 4 nitrogen and oxygen atoms in total. The molecule has 0 radical (unpaired) electrons. The van der Waals surface area contributed by atoms with Gasteiger partial charge in [0.25, 0.3) is 0 Å². The van der Waals surface area contributed by atoms with E-state index in [1.54, 1.807) is 11.3 Å². The Morgan fingerprint density at radius 3 is 2.81 bits per heavy atom. The van der Waals surface area contributed by atoms with E-state index in [-0.39, 0.29) is 5.91 Å². The molecule has 1 N–H and O–H groups in total. The minimum absolute atomic E-state index is 0.143. The summed E-state index contributed by atoms with van der Waals surface area (Å²) in [5.74, 6) is 0.143. The SMILES string of the molecule is O=C(Cc1cccs1)N1CCN(C2CCCC2)CC(O)C1. The molecule has 1 unspecified atom stereocenters. The maximum absolute atomic E-state index is 12.4. The van der Waals surface area contributed by atoms with Crippen LogP contribution in [-0.2, 0) is 11.2 Å². The smallest absolute Gasteiger partial charge is 0.227 e.